The average Bonchev–Trinajstić information content (AvgIpc) is 3.29. The van der Waals surface area contributed by atoms with E-state index in [4.69, 9.17) is 4.98 Å². The average molecular weight is 408 g/mol. The van der Waals surface area contributed by atoms with Gasteiger partial charge < -0.3 is 15.2 Å². The minimum atomic E-state index is 0.342. The lowest BCUT2D eigenvalue weighted by Gasteiger charge is -2.36. The van der Waals surface area contributed by atoms with Gasteiger partial charge in [-0.1, -0.05) is 42.5 Å². The van der Waals surface area contributed by atoms with Crippen LogP contribution in [0.2, 0.25) is 0 Å². The lowest BCUT2D eigenvalue weighted by atomic mass is 9.87. The molecule has 2 N–H and O–H groups in total. The highest BCUT2D eigenvalue weighted by atomic mass is 15.2. The van der Waals surface area contributed by atoms with E-state index >= 15 is 0 Å². The van der Waals surface area contributed by atoms with Crippen molar-refractivity contribution in [3.05, 3.63) is 84.2 Å². The van der Waals surface area contributed by atoms with Gasteiger partial charge in [0, 0.05) is 54.9 Å². The predicted molar refractivity (Wildman–Crippen MR) is 126 cm³/mol. The molecule has 0 radical (unpaired) electrons. The minimum absolute atomic E-state index is 0.342. The van der Waals surface area contributed by atoms with Crippen LogP contribution in [0.1, 0.15) is 17.9 Å². The second kappa shape index (κ2) is 7.67. The molecule has 0 spiro atoms. The summed E-state index contributed by atoms with van der Waals surface area (Å²) in [5.41, 5.74) is 6.89. The zero-order valence-corrected chi connectivity index (χ0v) is 17.4. The van der Waals surface area contributed by atoms with Gasteiger partial charge in [0.1, 0.15) is 5.82 Å². The Balaban J connectivity index is 1.42. The van der Waals surface area contributed by atoms with Crippen LogP contribution < -0.4 is 5.32 Å². The van der Waals surface area contributed by atoms with Crippen molar-refractivity contribution in [3.8, 4) is 11.4 Å². The number of hydrogen-bond acceptors (Lipinski definition) is 4. The number of para-hydroxylation sites is 2. The van der Waals surface area contributed by atoms with Crippen molar-refractivity contribution >= 4 is 21.9 Å². The summed E-state index contributed by atoms with van der Waals surface area (Å²) < 4.78 is 0. The highest BCUT2D eigenvalue weighted by Gasteiger charge is 2.26. The van der Waals surface area contributed by atoms with Crippen LogP contribution in [-0.2, 0) is 0 Å². The molecule has 6 rings (SSSR count). The number of nitrogens with zero attached hydrogens (tertiary/aromatic N) is 3. The molecule has 1 unspecified atom stereocenters. The number of allylic oxidation sites excluding steroid dienone is 4. The number of H-pyrrole nitrogens is 1. The maximum atomic E-state index is 4.93. The molecule has 154 valence electrons. The molecule has 1 atom stereocenters. The Kier molecular flexibility index (Phi) is 4.54. The van der Waals surface area contributed by atoms with E-state index in [0.29, 0.717) is 5.92 Å². The fraction of sp³-hybridized carbons (Fsp3) is 0.231. The van der Waals surface area contributed by atoms with Crippen LogP contribution in [0, 0.1) is 0 Å². The molecule has 5 nitrogen and oxygen atoms in total. The van der Waals surface area contributed by atoms with Gasteiger partial charge in [0.05, 0.1) is 16.6 Å². The summed E-state index contributed by atoms with van der Waals surface area (Å²) in [6, 6.07) is 16.8. The van der Waals surface area contributed by atoms with Gasteiger partial charge in [0.25, 0.3) is 0 Å². The topological polar surface area (TPSA) is 56.8 Å². The highest BCUT2D eigenvalue weighted by Crippen LogP contribution is 2.37. The number of rotatable bonds is 3. The third kappa shape index (κ3) is 3.31. The van der Waals surface area contributed by atoms with Gasteiger partial charge >= 0.3 is 0 Å². The minimum Gasteiger partial charge on any atom is -0.372 e. The van der Waals surface area contributed by atoms with E-state index < -0.39 is 0 Å². The Morgan fingerprint density at radius 1 is 0.968 bits per heavy atom. The van der Waals surface area contributed by atoms with Crippen molar-refractivity contribution in [1.82, 2.24) is 25.2 Å². The summed E-state index contributed by atoms with van der Waals surface area (Å²) in [7, 11) is 0. The van der Waals surface area contributed by atoms with Gasteiger partial charge in [0.15, 0.2) is 0 Å². The molecule has 3 heterocycles. The lowest BCUT2D eigenvalue weighted by Crippen LogP contribution is -2.44. The summed E-state index contributed by atoms with van der Waals surface area (Å²) in [4.78, 5) is 15.7. The third-order valence-electron chi connectivity index (χ3n) is 6.40. The number of fused-ring (bicyclic) bond motifs is 2. The van der Waals surface area contributed by atoms with E-state index in [-0.39, 0.29) is 0 Å². The first-order valence-electron chi connectivity index (χ1n) is 11.0. The molecule has 2 aliphatic rings. The summed E-state index contributed by atoms with van der Waals surface area (Å²) in [6.07, 6.45) is 9.70. The number of imidazole rings is 1. The number of benzene rings is 2. The number of aromatic amines is 1. The zero-order chi connectivity index (χ0) is 20.6. The van der Waals surface area contributed by atoms with Crippen molar-refractivity contribution in [2.75, 3.05) is 26.2 Å². The van der Waals surface area contributed by atoms with Crippen LogP contribution >= 0.6 is 0 Å². The molecular formula is C26H25N5. The Hall–Kier alpha value is -3.44. The molecule has 0 amide bonds. The van der Waals surface area contributed by atoms with E-state index in [1.807, 2.05) is 24.4 Å². The smallest absolute Gasteiger partial charge is 0.140 e. The van der Waals surface area contributed by atoms with E-state index in [0.717, 1.165) is 65.9 Å². The summed E-state index contributed by atoms with van der Waals surface area (Å²) in [5, 5.41) is 4.59. The second-order valence-electron chi connectivity index (χ2n) is 8.29. The van der Waals surface area contributed by atoms with Crippen molar-refractivity contribution in [1.29, 1.82) is 0 Å². The Morgan fingerprint density at radius 3 is 2.77 bits per heavy atom. The number of hydrogen-bond donors (Lipinski definition) is 2. The number of nitrogens with one attached hydrogen (secondary N) is 2. The number of piperazine rings is 1. The van der Waals surface area contributed by atoms with Crippen molar-refractivity contribution in [2.45, 2.75) is 12.3 Å². The molecule has 0 saturated carbocycles. The van der Waals surface area contributed by atoms with Crippen LogP contribution in [0.15, 0.2) is 78.7 Å². The first kappa shape index (κ1) is 18.3. The summed E-state index contributed by atoms with van der Waals surface area (Å²) in [5.74, 6) is 1.22. The van der Waals surface area contributed by atoms with Gasteiger partial charge in [0.2, 0.25) is 0 Å². The predicted octanol–water partition coefficient (Wildman–Crippen LogP) is 4.61. The van der Waals surface area contributed by atoms with Crippen LogP contribution in [0.5, 0.6) is 0 Å². The van der Waals surface area contributed by atoms with Crippen LogP contribution in [0.25, 0.3) is 33.3 Å². The van der Waals surface area contributed by atoms with E-state index in [9.17, 15) is 0 Å². The molecule has 1 fully saturated rings. The largest absolute Gasteiger partial charge is 0.372 e. The van der Waals surface area contributed by atoms with Gasteiger partial charge in [-0.2, -0.15) is 0 Å². The molecule has 2 aromatic heterocycles. The van der Waals surface area contributed by atoms with E-state index in [1.165, 1.54) is 11.3 Å². The van der Waals surface area contributed by atoms with E-state index in [2.05, 4.69) is 68.7 Å². The molecule has 1 saturated heterocycles. The number of pyridine rings is 1. The van der Waals surface area contributed by atoms with Gasteiger partial charge in [-0.3, -0.25) is 4.98 Å². The maximum absolute atomic E-state index is 4.93. The highest BCUT2D eigenvalue weighted by molar-refractivity contribution is 5.86. The number of aromatic nitrogens is 3. The molecular weight excluding hydrogens is 382 g/mol. The molecule has 1 aliphatic carbocycles. The molecule has 31 heavy (non-hydrogen) atoms. The quantitative estimate of drug-likeness (QED) is 0.521. The van der Waals surface area contributed by atoms with Crippen molar-refractivity contribution < 1.29 is 0 Å². The summed E-state index contributed by atoms with van der Waals surface area (Å²) >= 11 is 0. The van der Waals surface area contributed by atoms with Crippen LogP contribution in [0.4, 0.5) is 0 Å². The fourth-order valence-electron chi connectivity index (χ4n) is 4.83. The molecule has 2 aromatic carbocycles. The molecule has 1 aliphatic heterocycles. The fourth-order valence-corrected chi connectivity index (χ4v) is 4.83. The van der Waals surface area contributed by atoms with Crippen LogP contribution in [-0.4, -0.2) is 46.0 Å². The first-order valence-corrected chi connectivity index (χ1v) is 11.0. The normalized spacial score (nSPS) is 19.2. The molecule has 0 bridgehead atoms. The van der Waals surface area contributed by atoms with Gasteiger partial charge in [-0.25, -0.2) is 4.98 Å². The van der Waals surface area contributed by atoms with Crippen molar-refractivity contribution in [2.24, 2.45) is 0 Å². The monoisotopic (exact) mass is 407 g/mol. The second-order valence-corrected chi connectivity index (χ2v) is 8.29. The zero-order valence-electron chi connectivity index (χ0n) is 17.4. The van der Waals surface area contributed by atoms with Gasteiger partial charge in [-0.15, -0.1) is 0 Å². The lowest BCUT2D eigenvalue weighted by molar-refractivity contribution is 0.281. The summed E-state index contributed by atoms with van der Waals surface area (Å²) in [6.45, 7) is 4.20. The Bertz CT molecular complexity index is 1310. The van der Waals surface area contributed by atoms with Crippen LogP contribution in [0.3, 0.4) is 0 Å². The SMILES string of the molecule is C1=CCC(c2cccc3nc(-c4cnc5ccccc5c4)[nH]c23)C(N2CCNCC2)=C1. The third-order valence-corrected chi connectivity index (χ3v) is 6.40. The first-order chi connectivity index (χ1) is 15.4. The van der Waals surface area contributed by atoms with Gasteiger partial charge in [-0.05, 0) is 36.3 Å². The molecule has 4 aromatic rings. The standard InChI is InChI=1S/C26H25N5/c1-3-9-22-18(6-1)16-19(17-28-22)26-29-23-10-5-8-21(25(23)30-26)20-7-2-4-11-24(20)31-14-12-27-13-15-31/h1-6,8-11,16-17,20,27H,7,12-15H2,(H,29,30). The van der Waals surface area contributed by atoms with E-state index in [1.54, 1.807) is 0 Å². The molecule has 5 heteroatoms. The Labute approximate surface area is 181 Å². The maximum Gasteiger partial charge on any atom is 0.140 e. The Morgan fingerprint density at radius 2 is 1.84 bits per heavy atom. The van der Waals surface area contributed by atoms with Crippen molar-refractivity contribution in [3.63, 3.8) is 0 Å².